The minimum absolute atomic E-state index is 0.0433. The van der Waals surface area contributed by atoms with Crippen molar-refractivity contribution in [2.24, 2.45) is 0 Å². The molecule has 2 amide bonds. The molecular weight excluding hydrogens is 396 g/mol. The summed E-state index contributed by atoms with van der Waals surface area (Å²) in [6.45, 7) is 0. The number of aldehydes is 1. The fourth-order valence-electron chi connectivity index (χ4n) is 3.82. The van der Waals surface area contributed by atoms with Crippen LogP contribution in [0.1, 0.15) is 21.6 Å². The lowest BCUT2D eigenvalue weighted by molar-refractivity contribution is -0.122. The molecule has 0 spiro atoms. The number of pyridine rings is 1. The van der Waals surface area contributed by atoms with Crippen molar-refractivity contribution >= 4 is 45.9 Å². The standard InChI is InChI=1S/C23H14N4O4/c28-12-19(29)17-8-13(9-25-17)20-21(23(31)26-22(20)30)16-11-27(14-4-3-7-24-10-14)18-6-2-1-5-15(16)18/h1-12,25H,(H,26,30,31). The van der Waals surface area contributed by atoms with Crippen LogP contribution in [0.2, 0.25) is 0 Å². The molecule has 3 aromatic heterocycles. The molecule has 5 rings (SSSR count). The quantitative estimate of drug-likeness (QED) is 0.227. The molecule has 0 aliphatic carbocycles. The molecule has 4 aromatic rings. The first-order valence-corrected chi connectivity index (χ1v) is 9.37. The topological polar surface area (TPSA) is 114 Å². The Hall–Kier alpha value is -4.59. The zero-order valence-electron chi connectivity index (χ0n) is 16.0. The van der Waals surface area contributed by atoms with E-state index in [1.807, 2.05) is 41.0 Å². The van der Waals surface area contributed by atoms with E-state index in [0.29, 0.717) is 11.1 Å². The number of hydrogen-bond acceptors (Lipinski definition) is 5. The first-order valence-electron chi connectivity index (χ1n) is 9.37. The van der Waals surface area contributed by atoms with Gasteiger partial charge in [-0.15, -0.1) is 0 Å². The number of para-hydroxylation sites is 1. The summed E-state index contributed by atoms with van der Waals surface area (Å²) >= 11 is 0. The molecule has 0 unspecified atom stereocenters. The Labute approximate surface area is 175 Å². The van der Waals surface area contributed by atoms with Crippen LogP contribution in [0, 0.1) is 0 Å². The molecule has 2 N–H and O–H groups in total. The molecule has 0 radical (unpaired) electrons. The predicted octanol–water partition coefficient (Wildman–Crippen LogP) is 2.30. The number of ketones is 1. The average molecular weight is 410 g/mol. The average Bonchev–Trinajstić information content (AvgIpc) is 3.49. The number of H-pyrrole nitrogens is 1. The molecule has 1 aliphatic rings. The number of fused-ring (bicyclic) bond motifs is 1. The largest absolute Gasteiger partial charge is 0.358 e. The molecule has 0 saturated heterocycles. The number of nitrogens with one attached hydrogen (secondary N) is 2. The number of rotatable bonds is 5. The van der Waals surface area contributed by atoms with E-state index < -0.39 is 17.6 Å². The summed E-state index contributed by atoms with van der Waals surface area (Å²) in [5.74, 6) is -1.84. The van der Waals surface area contributed by atoms with Crippen LogP contribution >= 0.6 is 0 Å². The van der Waals surface area contributed by atoms with Crippen LogP contribution in [-0.4, -0.2) is 38.4 Å². The Kier molecular flexibility index (Phi) is 4.18. The van der Waals surface area contributed by atoms with Crippen molar-refractivity contribution in [1.29, 1.82) is 0 Å². The highest BCUT2D eigenvalue weighted by molar-refractivity contribution is 6.50. The van der Waals surface area contributed by atoms with Gasteiger partial charge in [-0.25, -0.2) is 0 Å². The maximum atomic E-state index is 12.8. The highest BCUT2D eigenvalue weighted by atomic mass is 16.2. The zero-order valence-corrected chi connectivity index (χ0v) is 16.0. The van der Waals surface area contributed by atoms with Gasteiger partial charge in [0.15, 0.2) is 6.29 Å². The van der Waals surface area contributed by atoms with E-state index in [1.165, 1.54) is 12.3 Å². The number of benzene rings is 1. The maximum Gasteiger partial charge on any atom is 0.259 e. The maximum absolute atomic E-state index is 12.8. The lowest BCUT2D eigenvalue weighted by Gasteiger charge is -2.03. The van der Waals surface area contributed by atoms with Gasteiger partial charge in [0.25, 0.3) is 11.8 Å². The number of carbonyl (C=O) groups excluding carboxylic acids is 4. The van der Waals surface area contributed by atoms with Crippen LogP contribution in [0.3, 0.4) is 0 Å². The van der Waals surface area contributed by atoms with Crippen molar-refractivity contribution in [3.63, 3.8) is 0 Å². The molecule has 4 heterocycles. The van der Waals surface area contributed by atoms with Gasteiger partial charge in [-0.05, 0) is 24.3 Å². The second kappa shape index (κ2) is 7.03. The minimum atomic E-state index is -0.744. The van der Waals surface area contributed by atoms with Crippen molar-refractivity contribution in [1.82, 2.24) is 19.9 Å². The summed E-state index contributed by atoms with van der Waals surface area (Å²) in [6.07, 6.45) is 6.79. The third-order valence-corrected chi connectivity index (χ3v) is 5.18. The Morgan fingerprint density at radius 1 is 1.03 bits per heavy atom. The van der Waals surface area contributed by atoms with Gasteiger partial charge < -0.3 is 9.55 Å². The number of amides is 2. The highest BCUT2D eigenvalue weighted by Crippen LogP contribution is 2.37. The van der Waals surface area contributed by atoms with Gasteiger partial charge in [0.1, 0.15) is 0 Å². The smallest absolute Gasteiger partial charge is 0.259 e. The van der Waals surface area contributed by atoms with E-state index in [9.17, 15) is 19.2 Å². The van der Waals surface area contributed by atoms with E-state index in [-0.39, 0.29) is 23.1 Å². The summed E-state index contributed by atoms with van der Waals surface area (Å²) in [7, 11) is 0. The minimum Gasteiger partial charge on any atom is -0.358 e. The number of nitrogens with zero attached hydrogens (tertiary/aromatic N) is 2. The molecule has 1 aromatic carbocycles. The fraction of sp³-hybridized carbons (Fsp3) is 0. The number of Topliss-reactive ketones (excluding diaryl/α,β-unsaturated/α-hetero) is 1. The molecular formula is C23H14N4O4. The summed E-state index contributed by atoms with van der Waals surface area (Å²) in [4.78, 5) is 54.8. The summed E-state index contributed by atoms with van der Waals surface area (Å²) < 4.78 is 1.90. The third-order valence-electron chi connectivity index (χ3n) is 5.18. The van der Waals surface area contributed by atoms with Crippen molar-refractivity contribution < 1.29 is 19.2 Å². The predicted molar refractivity (Wildman–Crippen MR) is 112 cm³/mol. The summed E-state index contributed by atoms with van der Waals surface area (Å²) in [6, 6.07) is 12.6. The van der Waals surface area contributed by atoms with E-state index >= 15 is 0 Å². The van der Waals surface area contributed by atoms with Crippen LogP contribution < -0.4 is 5.32 Å². The van der Waals surface area contributed by atoms with Crippen LogP contribution in [0.15, 0.2) is 67.3 Å². The highest BCUT2D eigenvalue weighted by Gasteiger charge is 2.34. The van der Waals surface area contributed by atoms with Gasteiger partial charge in [0, 0.05) is 35.1 Å². The van der Waals surface area contributed by atoms with Crippen molar-refractivity contribution in [2.45, 2.75) is 0 Å². The Morgan fingerprint density at radius 2 is 1.84 bits per heavy atom. The number of carbonyl (C=O) groups is 4. The molecule has 8 nitrogen and oxygen atoms in total. The molecule has 1 aliphatic heterocycles. The van der Waals surface area contributed by atoms with Gasteiger partial charge in [-0.2, -0.15) is 0 Å². The SMILES string of the molecule is O=CC(=O)c1cc(C2=C(c3cn(-c4cccnc4)c4ccccc34)C(=O)NC2=O)c[nH]1. The van der Waals surface area contributed by atoms with Crippen molar-refractivity contribution in [3.8, 4) is 5.69 Å². The molecule has 0 bridgehead atoms. The molecule has 0 fully saturated rings. The van der Waals surface area contributed by atoms with Gasteiger partial charge >= 0.3 is 0 Å². The van der Waals surface area contributed by atoms with E-state index in [4.69, 9.17) is 0 Å². The van der Waals surface area contributed by atoms with E-state index in [2.05, 4.69) is 15.3 Å². The lowest BCUT2D eigenvalue weighted by atomic mass is 9.97. The van der Waals surface area contributed by atoms with Gasteiger partial charge in [0.2, 0.25) is 5.78 Å². The number of aromatic amines is 1. The molecule has 0 saturated carbocycles. The van der Waals surface area contributed by atoms with Gasteiger partial charge in [-0.1, -0.05) is 18.2 Å². The van der Waals surface area contributed by atoms with E-state index in [0.717, 1.165) is 16.6 Å². The van der Waals surface area contributed by atoms with Gasteiger partial charge in [0.05, 0.1) is 34.2 Å². The van der Waals surface area contributed by atoms with Gasteiger partial charge in [-0.3, -0.25) is 29.5 Å². The zero-order chi connectivity index (χ0) is 21.5. The number of aromatic nitrogens is 3. The van der Waals surface area contributed by atoms with Crippen LogP contribution in [0.5, 0.6) is 0 Å². The second-order valence-electron chi connectivity index (χ2n) is 6.96. The normalized spacial score (nSPS) is 13.7. The molecule has 0 atom stereocenters. The monoisotopic (exact) mass is 410 g/mol. The molecule has 8 heteroatoms. The number of imide groups is 1. The Bertz CT molecular complexity index is 1430. The van der Waals surface area contributed by atoms with Crippen molar-refractivity contribution in [2.75, 3.05) is 0 Å². The van der Waals surface area contributed by atoms with Crippen molar-refractivity contribution in [3.05, 3.63) is 84.1 Å². The van der Waals surface area contributed by atoms with E-state index in [1.54, 1.807) is 18.6 Å². The Morgan fingerprint density at radius 3 is 2.61 bits per heavy atom. The lowest BCUT2D eigenvalue weighted by Crippen LogP contribution is -2.22. The first kappa shape index (κ1) is 18.4. The summed E-state index contributed by atoms with van der Waals surface area (Å²) in [5.41, 5.74) is 2.95. The van der Waals surface area contributed by atoms with Crippen LogP contribution in [0.4, 0.5) is 0 Å². The van der Waals surface area contributed by atoms with Crippen LogP contribution in [-0.2, 0) is 14.4 Å². The summed E-state index contributed by atoms with van der Waals surface area (Å²) in [5, 5.41) is 3.12. The third kappa shape index (κ3) is 2.89. The number of hydrogen-bond donors (Lipinski definition) is 2. The second-order valence-corrected chi connectivity index (χ2v) is 6.96. The first-order chi connectivity index (χ1) is 15.1. The van der Waals surface area contributed by atoms with Crippen LogP contribution in [0.25, 0.3) is 27.7 Å². The Balaban J connectivity index is 1.77. The molecule has 150 valence electrons. The molecule has 31 heavy (non-hydrogen) atoms. The fourth-order valence-corrected chi connectivity index (χ4v) is 3.82.